The molecule has 20 heavy (non-hydrogen) atoms. The van der Waals surface area contributed by atoms with E-state index in [9.17, 15) is 0 Å². The van der Waals surface area contributed by atoms with Gasteiger partial charge in [-0.05, 0) is 31.9 Å². The number of rotatable bonds is 3. The Kier molecular flexibility index (Phi) is 3.59. The molecule has 1 aromatic heterocycles. The van der Waals surface area contributed by atoms with E-state index < -0.39 is 0 Å². The number of fused-ring (bicyclic) bond motifs is 1. The lowest BCUT2D eigenvalue weighted by atomic mass is 9.97. The van der Waals surface area contributed by atoms with Gasteiger partial charge < -0.3 is 14.6 Å². The van der Waals surface area contributed by atoms with Crippen molar-refractivity contribution in [1.82, 2.24) is 10.5 Å². The third kappa shape index (κ3) is 2.37. The number of ether oxygens (including phenoxy) is 1. The molecule has 2 atom stereocenters. The zero-order valence-electron chi connectivity index (χ0n) is 12.1. The van der Waals surface area contributed by atoms with Crippen LogP contribution in [0.2, 0.25) is 0 Å². The summed E-state index contributed by atoms with van der Waals surface area (Å²) in [6.45, 7) is 7.48. The van der Waals surface area contributed by atoms with Crippen molar-refractivity contribution in [3.8, 4) is 0 Å². The monoisotopic (exact) mass is 272 g/mol. The summed E-state index contributed by atoms with van der Waals surface area (Å²) in [5, 5.41) is 7.66. The van der Waals surface area contributed by atoms with Gasteiger partial charge in [-0.15, -0.1) is 0 Å². The lowest BCUT2D eigenvalue weighted by molar-refractivity contribution is 0.0790. The Labute approximate surface area is 119 Å². The second-order valence-electron chi connectivity index (χ2n) is 5.39. The summed E-state index contributed by atoms with van der Waals surface area (Å²) in [6.07, 6.45) is 0. The summed E-state index contributed by atoms with van der Waals surface area (Å²) in [5.74, 6) is 0.882. The van der Waals surface area contributed by atoms with E-state index in [4.69, 9.17) is 9.26 Å². The van der Waals surface area contributed by atoms with Gasteiger partial charge in [-0.25, -0.2) is 0 Å². The maximum atomic E-state index is 5.69. The standard InChI is InChI=1S/C16H20N2O2/c1-10(16-11(2)18-20-12(16)3)17-15-9-19-8-13-6-4-5-7-14(13)15/h4-7,10,15,17H,8-9H2,1-3H3. The van der Waals surface area contributed by atoms with Gasteiger partial charge >= 0.3 is 0 Å². The number of aromatic nitrogens is 1. The van der Waals surface area contributed by atoms with E-state index >= 15 is 0 Å². The second kappa shape index (κ2) is 5.38. The average Bonchev–Trinajstić information content (AvgIpc) is 2.78. The quantitative estimate of drug-likeness (QED) is 0.932. The lowest BCUT2D eigenvalue weighted by Gasteiger charge is -2.29. The van der Waals surface area contributed by atoms with Gasteiger partial charge in [0.25, 0.3) is 0 Å². The fourth-order valence-electron chi connectivity index (χ4n) is 3.01. The minimum absolute atomic E-state index is 0.181. The summed E-state index contributed by atoms with van der Waals surface area (Å²) >= 11 is 0. The fraction of sp³-hybridized carbons (Fsp3) is 0.438. The minimum atomic E-state index is 0.181. The summed E-state index contributed by atoms with van der Waals surface area (Å²) < 4.78 is 10.9. The topological polar surface area (TPSA) is 47.3 Å². The zero-order valence-corrected chi connectivity index (χ0v) is 12.1. The molecule has 0 aliphatic carbocycles. The molecule has 3 rings (SSSR count). The second-order valence-corrected chi connectivity index (χ2v) is 5.39. The Morgan fingerprint density at radius 2 is 2.10 bits per heavy atom. The molecular formula is C16H20N2O2. The van der Waals surface area contributed by atoms with Gasteiger partial charge in [-0.3, -0.25) is 0 Å². The molecule has 0 radical (unpaired) electrons. The predicted molar refractivity (Wildman–Crippen MR) is 76.4 cm³/mol. The molecule has 0 bridgehead atoms. The van der Waals surface area contributed by atoms with E-state index in [1.165, 1.54) is 11.1 Å². The first-order valence-electron chi connectivity index (χ1n) is 7.01. The van der Waals surface area contributed by atoms with Crippen molar-refractivity contribution in [2.24, 2.45) is 0 Å². The third-order valence-corrected chi connectivity index (χ3v) is 3.95. The van der Waals surface area contributed by atoms with Gasteiger partial charge in [0.1, 0.15) is 5.76 Å². The number of benzene rings is 1. The number of nitrogens with zero attached hydrogens (tertiary/aromatic N) is 1. The van der Waals surface area contributed by atoms with Crippen LogP contribution < -0.4 is 5.32 Å². The van der Waals surface area contributed by atoms with Crippen LogP contribution in [0.25, 0.3) is 0 Å². The smallest absolute Gasteiger partial charge is 0.138 e. The lowest BCUT2D eigenvalue weighted by Crippen LogP contribution is -2.32. The van der Waals surface area contributed by atoms with Crippen LogP contribution in [0.15, 0.2) is 28.8 Å². The van der Waals surface area contributed by atoms with Gasteiger partial charge in [-0.2, -0.15) is 0 Å². The number of hydrogen-bond donors (Lipinski definition) is 1. The van der Waals surface area contributed by atoms with Crippen LogP contribution in [0.1, 0.15) is 47.2 Å². The SMILES string of the molecule is Cc1noc(C)c1C(C)NC1COCc2ccccc21. The molecule has 0 saturated heterocycles. The summed E-state index contributed by atoms with van der Waals surface area (Å²) in [7, 11) is 0. The highest BCUT2D eigenvalue weighted by molar-refractivity contribution is 5.32. The Hall–Kier alpha value is -1.65. The van der Waals surface area contributed by atoms with Crippen molar-refractivity contribution >= 4 is 0 Å². The van der Waals surface area contributed by atoms with Crippen LogP contribution in [0.4, 0.5) is 0 Å². The van der Waals surface area contributed by atoms with Crippen molar-refractivity contribution in [1.29, 1.82) is 0 Å². The van der Waals surface area contributed by atoms with E-state index in [1.54, 1.807) is 0 Å². The van der Waals surface area contributed by atoms with Crippen molar-refractivity contribution < 1.29 is 9.26 Å². The average molecular weight is 272 g/mol. The highest BCUT2D eigenvalue weighted by atomic mass is 16.5. The Morgan fingerprint density at radius 3 is 2.85 bits per heavy atom. The van der Waals surface area contributed by atoms with Crippen molar-refractivity contribution in [3.63, 3.8) is 0 Å². The molecule has 1 aliphatic heterocycles. The summed E-state index contributed by atoms with van der Waals surface area (Å²) in [5.41, 5.74) is 4.69. The molecule has 1 aliphatic rings. The molecule has 2 unspecified atom stereocenters. The van der Waals surface area contributed by atoms with Gasteiger partial charge in [0.05, 0.1) is 24.9 Å². The molecule has 1 N–H and O–H groups in total. The van der Waals surface area contributed by atoms with E-state index in [2.05, 4.69) is 41.7 Å². The molecule has 0 spiro atoms. The molecule has 4 nitrogen and oxygen atoms in total. The fourth-order valence-corrected chi connectivity index (χ4v) is 3.01. The first kappa shape index (κ1) is 13.3. The minimum Gasteiger partial charge on any atom is -0.375 e. The van der Waals surface area contributed by atoms with Crippen LogP contribution >= 0.6 is 0 Å². The summed E-state index contributed by atoms with van der Waals surface area (Å²) in [4.78, 5) is 0. The molecule has 4 heteroatoms. The number of nitrogens with one attached hydrogen (secondary N) is 1. The number of aryl methyl sites for hydroxylation is 2. The Morgan fingerprint density at radius 1 is 1.30 bits per heavy atom. The van der Waals surface area contributed by atoms with Crippen LogP contribution in [-0.4, -0.2) is 11.8 Å². The first-order chi connectivity index (χ1) is 9.66. The normalized spacial score (nSPS) is 19.6. The molecule has 2 heterocycles. The maximum Gasteiger partial charge on any atom is 0.138 e. The molecule has 0 amide bonds. The molecule has 0 saturated carbocycles. The van der Waals surface area contributed by atoms with E-state index in [0.717, 1.165) is 17.0 Å². The largest absolute Gasteiger partial charge is 0.375 e. The zero-order chi connectivity index (χ0) is 14.1. The van der Waals surface area contributed by atoms with Crippen LogP contribution in [0.3, 0.4) is 0 Å². The molecule has 106 valence electrons. The highest BCUT2D eigenvalue weighted by Gasteiger charge is 2.24. The first-order valence-corrected chi connectivity index (χ1v) is 7.01. The van der Waals surface area contributed by atoms with Crippen LogP contribution in [0, 0.1) is 13.8 Å². The predicted octanol–water partition coefficient (Wildman–Crippen LogP) is 3.21. The maximum absolute atomic E-state index is 5.69. The molecule has 2 aromatic rings. The van der Waals surface area contributed by atoms with E-state index in [-0.39, 0.29) is 12.1 Å². The van der Waals surface area contributed by atoms with Crippen LogP contribution in [0.5, 0.6) is 0 Å². The van der Waals surface area contributed by atoms with Gasteiger partial charge in [0, 0.05) is 11.6 Å². The van der Waals surface area contributed by atoms with Crippen molar-refractivity contribution in [2.45, 2.75) is 39.5 Å². The summed E-state index contributed by atoms with van der Waals surface area (Å²) in [6, 6.07) is 8.84. The molecule has 1 aromatic carbocycles. The Bertz CT molecular complexity index is 587. The van der Waals surface area contributed by atoms with Crippen molar-refractivity contribution in [3.05, 3.63) is 52.4 Å². The van der Waals surface area contributed by atoms with E-state index in [1.807, 2.05) is 13.8 Å². The Balaban J connectivity index is 1.82. The molecular weight excluding hydrogens is 252 g/mol. The highest BCUT2D eigenvalue weighted by Crippen LogP contribution is 2.29. The van der Waals surface area contributed by atoms with E-state index in [0.29, 0.717) is 13.2 Å². The van der Waals surface area contributed by atoms with Gasteiger partial charge in [0.15, 0.2) is 0 Å². The number of hydrogen-bond acceptors (Lipinski definition) is 4. The van der Waals surface area contributed by atoms with Crippen molar-refractivity contribution in [2.75, 3.05) is 6.61 Å². The van der Waals surface area contributed by atoms with Crippen LogP contribution in [-0.2, 0) is 11.3 Å². The van der Waals surface area contributed by atoms with Gasteiger partial charge in [-0.1, -0.05) is 29.4 Å². The third-order valence-electron chi connectivity index (χ3n) is 3.95. The molecule has 0 fully saturated rings. The van der Waals surface area contributed by atoms with Gasteiger partial charge in [0.2, 0.25) is 0 Å².